The molecule has 8 nitrogen and oxygen atoms in total. The Hall–Kier alpha value is -2.19. The number of nitro benzene ring substituents is 1. The van der Waals surface area contributed by atoms with Crippen molar-refractivity contribution >= 4 is 11.6 Å². The van der Waals surface area contributed by atoms with Crippen LogP contribution in [0.1, 0.15) is 20.3 Å². The number of nitrogens with one attached hydrogen (secondary N) is 1. The number of hydrogen-bond acceptors (Lipinski definition) is 6. The zero-order chi connectivity index (χ0) is 18.2. The lowest BCUT2D eigenvalue weighted by Crippen LogP contribution is -2.46. The Morgan fingerprint density at radius 1 is 1.40 bits per heavy atom. The lowest BCUT2D eigenvalue weighted by Gasteiger charge is -2.35. The summed E-state index contributed by atoms with van der Waals surface area (Å²) in [5.41, 5.74) is -0.0631. The number of ether oxygens (including phenoxy) is 2. The van der Waals surface area contributed by atoms with Gasteiger partial charge in [0.1, 0.15) is 5.75 Å². The molecule has 1 aromatic rings. The summed E-state index contributed by atoms with van der Waals surface area (Å²) in [6, 6.07) is 5.78. The highest BCUT2D eigenvalue weighted by atomic mass is 16.6. The van der Waals surface area contributed by atoms with Gasteiger partial charge in [0.15, 0.2) is 6.61 Å². The predicted octanol–water partition coefficient (Wildman–Crippen LogP) is 1.59. The maximum atomic E-state index is 11.8. The zero-order valence-corrected chi connectivity index (χ0v) is 14.6. The van der Waals surface area contributed by atoms with Gasteiger partial charge in [0.2, 0.25) is 0 Å². The average Bonchev–Trinajstić information content (AvgIpc) is 2.56. The normalized spacial score (nSPS) is 20.9. The second-order valence-electron chi connectivity index (χ2n) is 6.26. The molecule has 8 heteroatoms. The highest BCUT2D eigenvalue weighted by molar-refractivity contribution is 5.77. The van der Waals surface area contributed by atoms with E-state index in [-0.39, 0.29) is 30.4 Å². The third kappa shape index (κ3) is 6.67. The zero-order valence-electron chi connectivity index (χ0n) is 14.6. The molecule has 2 atom stereocenters. The molecule has 0 aliphatic carbocycles. The van der Waals surface area contributed by atoms with Gasteiger partial charge in [-0.05, 0) is 26.3 Å². The molecule has 1 aliphatic rings. The van der Waals surface area contributed by atoms with Gasteiger partial charge in [-0.3, -0.25) is 19.8 Å². The molecular weight excluding hydrogens is 326 g/mol. The fourth-order valence-corrected chi connectivity index (χ4v) is 2.88. The number of carbonyl (C=O) groups excluding carboxylic acids is 1. The van der Waals surface area contributed by atoms with Crippen LogP contribution in [0.5, 0.6) is 5.75 Å². The molecule has 0 saturated carbocycles. The van der Waals surface area contributed by atoms with Crippen LogP contribution in [0.2, 0.25) is 0 Å². The number of carbonyl (C=O) groups is 1. The van der Waals surface area contributed by atoms with E-state index in [1.165, 1.54) is 18.2 Å². The molecular formula is C17H25N3O5. The molecule has 138 valence electrons. The summed E-state index contributed by atoms with van der Waals surface area (Å²) in [6.45, 7) is 7.27. The number of nitrogens with zero attached hydrogens (tertiary/aromatic N) is 2. The summed E-state index contributed by atoms with van der Waals surface area (Å²) < 4.78 is 11.0. The number of nitro groups is 1. The Balaban J connectivity index is 1.62. The monoisotopic (exact) mass is 351 g/mol. The van der Waals surface area contributed by atoms with E-state index in [0.717, 1.165) is 26.1 Å². The summed E-state index contributed by atoms with van der Waals surface area (Å²) in [5, 5.41) is 13.5. The van der Waals surface area contributed by atoms with Crippen molar-refractivity contribution in [3.63, 3.8) is 0 Å². The van der Waals surface area contributed by atoms with Crippen molar-refractivity contribution in [3.8, 4) is 5.75 Å². The fourth-order valence-electron chi connectivity index (χ4n) is 2.88. The number of amides is 1. The van der Waals surface area contributed by atoms with Gasteiger partial charge >= 0.3 is 0 Å². The maximum Gasteiger partial charge on any atom is 0.273 e. The number of rotatable bonds is 8. The second-order valence-corrected chi connectivity index (χ2v) is 6.26. The smallest absolute Gasteiger partial charge is 0.273 e. The summed E-state index contributed by atoms with van der Waals surface area (Å²) in [4.78, 5) is 24.3. The minimum absolute atomic E-state index is 0.0631. The third-order valence-corrected chi connectivity index (χ3v) is 3.87. The van der Waals surface area contributed by atoms with E-state index in [0.29, 0.717) is 12.3 Å². The van der Waals surface area contributed by atoms with Crippen LogP contribution in [0, 0.1) is 10.1 Å². The largest absolute Gasteiger partial charge is 0.484 e. The number of non-ortho nitro benzene ring substituents is 1. The first kappa shape index (κ1) is 19.1. The molecule has 25 heavy (non-hydrogen) atoms. The Morgan fingerprint density at radius 2 is 2.12 bits per heavy atom. The summed E-state index contributed by atoms with van der Waals surface area (Å²) in [6.07, 6.45) is 1.32. The van der Waals surface area contributed by atoms with Crippen LogP contribution < -0.4 is 10.1 Å². The summed E-state index contributed by atoms with van der Waals surface area (Å²) in [5.74, 6) is 0.0656. The van der Waals surface area contributed by atoms with Crippen molar-refractivity contribution in [3.05, 3.63) is 34.4 Å². The molecule has 0 aromatic heterocycles. The van der Waals surface area contributed by atoms with E-state index in [9.17, 15) is 14.9 Å². The van der Waals surface area contributed by atoms with Gasteiger partial charge in [-0.25, -0.2) is 0 Å². The first-order valence-corrected chi connectivity index (χ1v) is 8.46. The highest BCUT2D eigenvalue weighted by Crippen LogP contribution is 2.18. The van der Waals surface area contributed by atoms with Gasteiger partial charge in [0.05, 0.1) is 23.2 Å². The molecule has 1 fully saturated rings. The van der Waals surface area contributed by atoms with Crippen molar-refractivity contribution in [2.75, 3.05) is 32.8 Å². The van der Waals surface area contributed by atoms with Crippen molar-refractivity contribution < 1.29 is 19.2 Å². The minimum atomic E-state index is -0.500. The first-order chi connectivity index (χ1) is 11.9. The predicted molar refractivity (Wildman–Crippen MR) is 92.7 cm³/mol. The molecule has 1 aromatic carbocycles. The van der Waals surface area contributed by atoms with Crippen LogP contribution in [0.3, 0.4) is 0 Å². The van der Waals surface area contributed by atoms with Gasteiger partial charge in [-0.15, -0.1) is 0 Å². The van der Waals surface area contributed by atoms with Crippen molar-refractivity contribution in [2.24, 2.45) is 0 Å². The van der Waals surface area contributed by atoms with Gasteiger partial charge in [0.25, 0.3) is 11.6 Å². The first-order valence-electron chi connectivity index (χ1n) is 8.46. The van der Waals surface area contributed by atoms with E-state index >= 15 is 0 Å². The number of hydrogen-bond donors (Lipinski definition) is 1. The van der Waals surface area contributed by atoms with Gasteiger partial charge in [-0.2, -0.15) is 0 Å². The molecule has 1 amide bonds. The Morgan fingerprint density at radius 3 is 2.80 bits per heavy atom. The number of morpholine rings is 1. The van der Waals surface area contributed by atoms with Crippen LogP contribution in [0.15, 0.2) is 24.3 Å². The van der Waals surface area contributed by atoms with Crippen LogP contribution in [0.25, 0.3) is 0 Å². The molecule has 0 spiro atoms. The molecule has 2 rings (SSSR count). The summed E-state index contributed by atoms with van der Waals surface area (Å²) >= 11 is 0. The fraction of sp³-hybridized carbons (Fsp3) is 0.588. The van der Waals surface area contributed by atoms with Crippen molar-refractivity contribution in [2.45, 2.75) is 32.5 Å². The standard InChI is InChI=1S/C17H25N3O5/c1-13-10-19(11-14(2)25-13)8-4-7-18-17(21)12-24-16-6-3-5-15(9-16)20(22)23/h3,5-6,9,13-14H,4,7-8,10-12H2,1-2H3,(H,18,21). The van der Waals surface area contributed by atoms with E-state index in [1.807, 2.05) is 0 Å². The van der Waals surface area contributed by atoms with Crippen LogP contribution >= 0.6 is 0 Å². The summed E-state index contributed by atoms with van der Waals surface area (Å²) in [7, 11) is 0. The molecule has 1 saturated heterocycles. The molecule has 2 unspecified atom stereocenters. The molecule has 1 N–H and O–H groups in total. The van der Waals surface area contributed by atoms with E-state index in [4.69, 9.17) is 9.47 Å². The van der Waals surface area contributed by atoms with Gasteiger partial charge in [-0.1, -0.05) is 6.07 Å². The quantitative estimate of drug-likeness (QED) is 0.434. The van der Waals surface area contributed by atoms with E-state index in [2.05, 4.69) is 24.1 Å². The van der Waals surface area contributed by atoms with E-state index in [1.54, 1.807) is 6.07 Å². The van der Waals surface area contributed by atoms with E-state index < -0.39 is 4.92 Å². The second kappa shape index (κ2) is 9.33. The van der Waals surface area contributed by atoms with Gasteiger partial charge in [0, 0.05) is 32.2 Å². The molecule has 1 aliphatic heterocycles. The Labute approximate surface area is 147 Å². The third-order valence-electron chi connectivity index (χ3n) is 3.87. The van der Waals surface area contributed by atoms with Crippen LogP contribution in [0.4, 0.5) is 5.69 Å². The minimum Gasteiger partial charge on any atom is -0.484 e. The Kier molecular flexibility index (Phi) is 7.15. The molecule has 1 heterocycles. The average molecular weight is 351 g/mol. The maximum absolute atomic E-state index is 11.8. The molecule has 0 bridgehead atoms. The number of benzene rings is 1. The van der Waals surface area contributed by atoms with Crippen LogP contribution in [-0.4, -0.2) is 60.7 Å². The van der Waals surface area contributed by atoms with Crippen molar-refractivity contribution in [1.29, 1.82) is 0 Å². The van der Waals surface area contributed by atoms with Crippen molar-refractivity contribution in [1.82, 2.24) is 10.2 Å². The lowest BCUT2D eigenvalue weighted by molar-refractivity contribution is -0.384. The Bertz CT molecular complexity index is 585. The topological polar surface area (TPSA) is 93.9 Å². The SMILES string of the molecule is CC1CN(CCCNC(=O)COc2cccc([N+](=O)[O-])c2)CC(C)O1. The molecule has 0 radical (unpaired) electrons. The van der Waals surface area contributed by atoms with Crippen LogP contribution in [-0.2, 0) is 9.53 Å². The highest BCUT2D eigenvalue weighted by Gasteiger charge is 2.21. The van der Waals surface area contributed by atoms with Gasteiger partial charge < -0.3 is 14.8 Å². The lowest BCUT2D eigenvalue weighted by atomic mass is 10.2.